The Morgan fingerprint density at radius 1 is 1.39 bits per heavy atom. The molecule has 0 saturated heterocycles. The van der Waals surface area contributed by atoms with Gasteiger partial charge in [-0.1, -0.05) is 0 Å². The minimum absolute atomic E-state index is 0.113. The molecule has 0 heterocycles. The molecule has 0 bridgehead atoms. The molecule has 0 spiro atoms. The SMILES string of the molecule is CC(C)N(CC(N)=O)C(=O)c1cc(N)ccc1Br. The number of carbonyl (C=O) groups excluding carboxylic acids is 2. The van der Waals surface area contributed by atoms with Gasteiger partial charge in [-0.25, -0.2) is 0 Å². The zero-order valence-electron chi connectivity index (χ0n) is 10.3. The number of primary amides is 1. The lowest BCUT2D eigenvalue weighted by atomic mass is 10.1. The second kappa shape index (κ2) is 5.86. The molecule has 2 amide bonds. The monoisotopic (exact) mass is 313 g/mol. The summed E-state index contributed by atoms with van der Waals surface area (Å²) in [6.07, 6.45) is 0. The molecule has 5 nitrogen and oxygen atoms in total. The van der Waals surface area contributed by atoms with Gasteiger partial charge in [0, 0.05) is 16.2 Å². The number of halogens is 1. The van der Waals surface area contributed by atoms with Crippen LogP contribution in [0, 0.1) is 0 Å². The third-order valence-electron chi connectivity index (χ3n) is 2.43. The second-order valence-electron chi connectivity index (χ2n) is 4.23. The van der Waals surface area contributed by atoms with E-state index >= 15 is 0 Å². The van der Waals surface area contributed by atoms with E-state index in [9.17, 15) is 9.59 Å². The van der Waals surface area contributed by atoms with Gasteiger partial charge >= 0.3 is 0 Å². The largest absolute Gasteiger partial charge is 0.399 e. The van der Waals surface area contributed by atoms with Crippen molar-refractivity contribution >= 4 is 33.4 Å². The van der Waals surface area contributed by atoms with Crippen molar-refractivity contribution in [1.29, 1.82) is 0 Å². The Morgan fingerprint density at radius 2 is 2.00 bits per heavy atom. The highest BCUT2D eigenvalue weighted by molar-refractivity contribution is 9.10. The van der Waals surface area contributed by atoms with Gasteiger partial charge < -0.3 is 16.4 Å². The first-order chi connectivity index (χ1) is 8.32. The van der Waals surface area contributed by atoms with Gasteiger partial charge in [0.25, 0.3) is 5.91 Å². The Balaban J connectivity index is 3.09. The van der Waals surface area contributed by atoms with Crippen molar-refractivity contribution in [2.75, 3.05) is 12.3 Å². The van der Waals surface area contributed by atoms with Gasteiger partial charge in [0.05, 0.1) is 12.1 Å². The van der Waals surface area contributed by atoms with Crippen molar-refractivity contribution in [1.82, 2.24) is 4.90 Å². The predicted octanol–water partition coefficient (Wildman–Crippen LogP) is 1.37. The van der Waals surface area contributed by atoms with Gasteiger partial charge in [-0.3, -0.25) is 9.59 Å². The molecule has 6 heteroatoms. The smallest absolute Gasteiger partial charge is 0.255 e. The molecule has 1 aromatic rings. The van der Waals surface area contributed by atoms with Crippen LogP contribution in [-0.4, -0.2) is 29.3 Å². The maximum atomic E-state index is 12.3. The van der Waals surface area contributed by atoms with E-state index in [1.54, 1.807) is 18.2 Å². The number of nitrogens with two attached hydrogens (primary N) is 2. The van der Waals surface area contributed by atoms with Crippen molar-refractivity contribution in [2.45, 2.75) is 19.9 Å². The first-order valence-electron chi connectivity index (χ1n) is 5.47. The molecule has 0 aromatic heterocycles. The molecule has 1 rings (SSSR count). The average molecular weight is 314 g/mol. The standard InChI is InChI=1S/C12H16BrN3O2/c1-7(2)16(6-11(15)17)12(18)9-5-8(14)3-4-10(9)13/h3-5,7H,6,14H2,1-2H3,(H2,15,17). The predicted molar refractivity (Wildman–Crippen MR) is 73.9 cm³/mol. The molecule has 0 saturated carbocycles. The van der Waals surface area contributed by atoms with E-state index in [-0.39, 0.29) is 18.5 Å². The fourth-order valence-electron chi connectivity index (χ4n) is 1.52. The number of carbonyl (C=O) groups is 2. The fourth-order valence-corrected chi connectivity index (χ4v) is 1.93. The number of hydrogen-bond donors (Lipinski definition) is 2. The lowest BCUT2D eigenvalue weighted by Gasteiger charge is -2.25. The minimum Gasteiger partial charge on any atom is -0.399 e. The molecular formula is C12H16BrN3O2. The molecule has 4 N–H and O–H groups in total. The van der Waals surface area contributed by atoms with Crippen LogP contribution < -0.4 is 11.5 Å². The van der Waals surface area contributed by atoms with E-state index in [1.165, 1.54) is 4.90 Å². The third kappa shape index (κ3) is 3.46. The van der Waals surface area contributed by atoms with Crippen LogP contribution in [0.1, 0.15) is 24.2 Å². The fraction of sp³-hybridized carbons (Fsp3) is 0.333. The van der Waals surface area contributed by atoms with Crippen molar-refractivity contribution in [3.8, 4) is 0 Å². The maximum Gasteiger partial charge on any atom is 0.255 e. The summed E-state index contributed by atoms with van der Waals surface area (Å²) in [6, 6.07) is 4.83. The normalized spacial score (nSPS) is 10.4. The third-order valence-corrected chi connectivity index (χ3v) is 3.12. The molecule has 1 aromatic carbocycles. The van der Waals surface area contributed by atoms with Crippen LogP contribution in [0.25, 0.3) is 0 Å². The molecule has 0 aliphatic rings. The highest BCUT2D eigenvalue weighted by Crippen LogP contribution is 2.22. The first-order valence-corrected chi connectivity index (χ1v) is 6.26. The number of rotatable bonds is 4. The molecule has 0 aliphatic heterocycles. The zero-order chi connectivity index (χ0) is 13.9. The van der Waals surface area contributed by atoms with E-state index in [0.29, 0.717) is 15.7 Å². The molecule has 98 valence electrons. The quantitative estimate of drug-likeness (QED) is 0.823. The highest BCUT2D eigenvalue weighted by atomic mass is 79.9. The summed E-state index contributed by atoms with van der Waals surface area (Å²) in [5, 5.41) is 0. The van der Waals surface area contributed by atoms with Gasteiger partial charge in [-0.05, 0) is 48.0 Å². The summed E-state index contributed by atoms with van der Waals surface area (Å²) in [5.41, 5.74) is 11.7. The van der Waals surface area contributed by atoms with Crippen LogP contribution in [0.3, 0.4) is 0 Å². The van der Waals surface area contributed by atoms with E-state index < -0.39 is 5.91 Å². The lowest BCUT2D eigenvalue weighted by molar-refractivity contribution is -0.119. The second-order valence-corrected chi connectivity index (χ2v) is 5.09. The van der Waals surface area contributed by atoms with Crippen LogP contribution in [0.4, 0.5) is 5.69 Å². The summed E-state index contributed by atoms with van der Waals surface area (Å²) in [7, 11) is 0. The van der Waals surface area contributed by atoms with Crippen LogP contribution in [-0.2, 0) is 4.79 Å². The molecule has 0 radical (unpaired) electrons. The minimum atomic E-state index is -0.544. The van der Waals surface area contributed by atoms with Crippen LogP contribution >= 0.6 is 15.9 Å². The zero-order valence-corrected chi connectivity index (χ0v) is 11.9. The number of benzene rings is 1. The number of anilines is 1. The van der Waals surface area contributed by atoms with E-state index in [4.69, 9.17) is 11.5 Å². The Bertz CT molecular complexity index is 474. The van der Waals surface area contributed by atoms with Gasteiger partial charge in [0.1, 0.15) is 0 Å². The van der Waals surface area contributed by atoms with Gasteiger partial charge in [-0.15, -0.1) is 0 Å². The van der Waals surface area contributed by atoms with Crippen molar-refractivity contribution in [3.05, 3.63) is 28.2 Å². The van der Waals surface area contributed by atoms with Crippen molar-refractivity contribution in [2.24, 2.45) is 5.73 Å². The molecule has 0 unspecified atom stereocenters. The van der Waals surface area contributed by atoms with Crippen LogP contribution in [0.15, 0.2) is 22.7 Å². The molecule has 18 heavy (non-hydrogen) atoms. The van der Waals surface area contributed by atoms with Crippen molar-refractivity contribution < 1.29 is 9.59 Å². The topological polar surface area (TPSA) is 89.4 Å². The number of nitrogens with zero attached hydrogens (tertiary/aromatic N) is 1. The number of amides is 2. The average Bonchev–Trinajstić information content (AvgIpc) is 2.27. The van der Waals surface area contributed by atoms with Crippen LogP contribution in [0.5, 0.6) is 0 Å². The summed E-state index contributed by atoms with van der Waals surface area (Å²) >= 11 is 3.30. The Morgan fingerprint density at radius 3 is 2.50 bits per heavy atom. The van der Waals surface area contributed by atoms with E-state index in [0.717, 1.165) is 0 Å². The lowest BCUT2D eigenvalue weighted by Crippen LogP contribution is -2.42. The summed E-state index contributed by atoms with van der Waals surface area (Å²) in [5.74, 6) is -0.819. The molecular weight excluding hydrogens is 298 g/mol. The Kier molecular flexibility index (Phi) is 4.72. The van der Waals surface area contributed by atoms with Crippen molar-refractivity contribution in [3.63, 3.8) is 0 Å². The van der Waals surface area contributed by atoms with Gasteiger partial charge in [0.15, 0.2) is 0 Å². The summed E-state index contributed by atoms with van der Waals surface area (Å²) in [6.45, 7) is 3.53. The molecule has 0 aliphatic carbocycles. The van der Waals surface area contributed by atoms with E-state index in [2.05, 4.69) is 15.9 Å². The summed E-state index contributed by atoms with van der Waals surface area (Å²) < 4.78 is 0.636. The first kappa shape index (κ1) is 14.5. The number of hydrogen-bond acceptors (Lipinski definition) is 3. The maximum absolute atomic E-state index is 12.3. The van der Waals surface area contributed by atoms with E-state index in [1.807, 2.05) is 13.8 Å². The Hall–Kier alpha value is -1.56. The van der Waals surface area contributed by atoms with Crippen LogP contribution in [0.2, 0.25) is 0 Å². The molecule has 0 fully saturated rings. The highest BCUT2D eigenvalue weighted by Gasteiger charge is 2.22. The Labute approximate surface area is 114 Å². The number of nitrogen functional groups attached to an aromatic ring is 1. The molecule has 0 atom stereocenters. The summed E-state index contributed by atoms with van der Waals surface area (Å²) in [4.78, 5) is 24.7. The van der Waals surface area contributed by atoms with Gasteiger partial charge in [-0.2, -0.15) is 0 Å². The van der Waals surface area contributed by atoms with Gasteiger partial charge in [0.2, 0.25) is 5.91 Å².